The van der Waals surface area contributed by atoms with Gasteiger partial charge in [-0.15, -0.1) is 11.3 Å². The first-order chi connectivity index (χ1) is 8.16. The summed E-state index contributed by atoms with van der Waals surface area (Å²) in [6, 6.07) is 6.28. The molecule has 0 aliphatic heterocycles. The minimum absolute atomic E-state index is 0.290. The van der Waals surface area contributed by atoms with Crippen molar-refractivity contribution in [3.8, 4) is 0 Å². The second-order valence-electron chi connectivity index (χ2n) is 3.34. The molecule has 0 aliphatic rings. The predicted molar refractivity (Wildman–Crippen MR) is 69.1 cm³/mol. The van der Waals surface area contributed by atoms with Crippen molar-refractivity contribution < 1.29 is 4.79 Å². The predicted octanol–water partition coefficient (Wildman–Crippen LogP) is 2.43. The normalized spacial score (nSPS) is 12.1. The average molecular weight is 268 g/mol. The van der Waals surface area contributed by atoms with Crippen LogP contribution in [0.2, 0.25) is 5.02 Å². The van der Waals surface area contributed by atoms with E-state index in [2.05, 4.69) is 10.3 Å². The van der Waals surface area contributed by atoms with Crippen LogP contribution in [0, 0.1) is 0 Å². The van der Waals surface area contributed by atoms with Crippen LogP contribution >= 0.6 is 22.9 Å². The maximum absolute atomic E-state index is 11.8. The van der Waals surface area contributed by atoms with Gasteiger partial charge in [0.1, 0.15) is 11.9 Å². The van der Waals surface area contributed by atoms with Crippen LogP contribution in [-0.4, -0.2) is 10.9 Å². The Morgan fingerprint density at radius 2 is 2.29 bits per heavy atom. The molecule has 0 aliphatic carbocycles. The summed E-state index contributed by atoms with van der Waals surface area (Å²) in [6.07, 6.45) is 1.47. The molecule has 17 heavy (non-hydrogen) atoms. The Balaban J connectivity index is 2.04. The van der Waals surface area contributed by atoms with E-state index in [4.69, 9.17) is 17.3 Å². The zero-order chi connectivity index (χ0) is 12.3. The van der Waals surface area contributed by atoms with E-state index in [1.165, 1.54) is 17.5 Å². The molecule has 3 N–H and O–H groups in total. The molecule has 0 saturated carbocycles. The lowest BCUT2D eigenvalue weighted by molar-refractivity contribution is -0.117. The lowest BCUT2D eigenvalue weighted by Crippen LogP contribution is -2.27. The molecule has 0 fully saturated rings. The second-order valence-corrected chi connectivity index (χ2v) is 4.76. The van der Waals surface area contributed by atoms with Crippen molar-refractivity contribution in [1.29, 1.82) is 0 Å². The molecule has 2 rings (SSSR count). The van der Waals surface area contributed by atoms with Gasteiger partial charge in [0.05, 0.1) is 5.02 Å². The molecule has 2 heterocycles. The van der Waals surface area contributed by atoms with E-state index >= 15 is 0 Å². The molecule has 4 nitrogen and oxygen atoms in total. The SMILES string of the molecule is NC(C(=O)Nc1ccc(Cl)cn1)c1cccs1. The van der Waals surface area contributed by atoms with Crippen molar-refractivity contribution in [2.75, 3.05) is 5.32 Å². The topological polar surface area (TPSA) is 68.0 Å². The van der Waals surface area contributed by atoms with Gasteiger partial charge in [-0.2, -0.15) is 0 Å². The first-order valence-corrected chi connectivity index (χ1v) is 6.14. The van der Waals surface area contributed by atoms with Crippen molar-refractivity contribution in [1.82, 2.24) is 4.98 Å². The van der Waals surface area contributed by atoms with Crippen molar-refractivity contribution in [3.05, 3.63) is 45.7 Å². The molecule has 0 bridgehead atoms. The number of carbonyl (C=O) groups is 1. The maximum atomic E-state index is 11.8. The third-order valence-electron chi connectivity index (χ3n) is 2.11. The van der Waals surface area contributed by atoms with Crippen LogP contribution in [0.25, 0.3) is 0 Å². The highest BCUT2D eigenvalue weighted by Crippen LogP contribution is 2.18. The van der Waals surface area contributed by atoms with Gasteiger partial charge in [-0.1, -0.05) is 17.7 Å². The van der Waals surface area contributed by atoms with Gasteiger partial charge in [0.2, 0.25) is 5.91 Å². The van der Waals surface area contributed by atoms with Crippen LogP contribution in [0.4, 0.5) is 5.82 Å². The zero-order valence-electron chi connectivity index (χ0n) is 8.76. The molecule has 0 radical (unpaired) electrons. The smallest absolute Gasteiger partial charge is 0.247 e. The number of halogens is 1. The van der Waals surface area contributed by atoms with Crippen molar-refractivity contribution in [2.24, 2.45) is 5.73 Å². The van der Waals surface area contributed by atoms with E-state index in [0.29, 0.717) is 10.8 Å². The number of thiophene rings is 1. The summed E-state index contributed by atoms with van der Waals surface area (Å²) in [7, 11) is 0. The Kier molecular flexibility index (Phi) is 3.73. The fourth-order valence-corrected chi connectivity index (χ4v) is 2.09. The number of nitrogens with one attached hydrogen (secondary N) is 1. The van der Waals surface area contributed by atoms with Gasteiger partial charge < -0.3 is 11.1 Å². The van der Waals surface area contributed by atoms with E-state index in [-0.39, 0.29) is 5.91 Å². The highest BCUT2D eigenvalue weighted by molar-refractivity contribution is 7.10. The quantitative estimate of drug-likeness (QED) is 0.897. The molecule has 0 spiro atoms. The molecule has 1 atom stereocenters. The van der Waals surface area contributed by atoms with Crippen molar-refractivity contribution in [3.63, 3.8) is 0 Å². The van der Waals surface area contributed by atoms with Crippen LogP contribution < -0.4 is 11.1 Å². The minimum atomic E-state index is -0.674. The van der Waals surface area contributed by atoms with Gasteiger partial charge in [0.25, 0.3) is 0 Å². The van der Waals surface area contributed by atoms with Crippen LogP contribution in [0.1, 0.15) is 10.9 Å². The van der Waals surface area contributed by atoms with E-state index < -0.39 is 6.04 Å². The number of carbonyl (C=O) groups excluding carboxylic acids is 1. The summed E-state index contributed by atoms with van der Waals surface area (Å²) in [6.45, 7) is 0. The Labute approximate surface area is 107 Å². The number of hydrogen-bond acceptors (Lipinski definition) is 4. The molecule has 2 aromatic heterocycles. The number of anilines is 1. The Morgan fingerprint density at radius 1 is 1.47 bits per heavy atom. The van der Waals surface area contributed by atoms with E-state index in [1.807, 2.05) is 17.5 Å². The summed E-state index contributed by atoms with van der Waals surface area (Å²) >= 11 is 7.14. The number of aromatic nitrogens is 1. The van der Waals surface area contributed by atoms with Gasteiger partial charge in [-0.05, 0) is 23.6 Å². The number of hydrogen-bond donors (Lipinski definition) is 2. The summed E-state index contributed by atoms with van der Waals surface area (Å²) in [4.78, 5) is 16.6. The summed E-state index contributed by atoms with van der Waals surface area (Å²) in [5.74, 6) is 0.147. The molecule has 0 saturated heterocycles. The third kappa shape index (κ3) is 3.03. The van der Waals surface area contributed by atoms with Gasteiger partial charge in [-0.3, -0.25) is 4.79 Å². The summed E-state index contributed by atoms with van der Waals surface area (Å²) in [5, 5.41) is 5.03. The fourth-order valence-electron chi connectivity index (χ4n) is 1.25. The molecule has 88 valence electrons. The number of nitrogens with two attached hydrogens (primary N) is 1. The first-order valence-electron chi connectivity index (χ1n) is 4.88. The molecule has 1 amide bonds. The monoisotopic (exact) mass is 267 g/mol. The standard InChI is InChI=1S/C11H10ClN3OS/c12-7-3-4-9(14-6-7)15-11(16)10(13)8-2-1-5-17-8/h1-6,10H,13H2,(H,14,15,16). The van der Waals surface area contributed by atoms with Gasteiger partial charge in [-0.25, -0.2) is 4.98 Å². The molecule has 1 unspecified atom stereocenters. The highest BCUT2D eigenvalue weighted by Gasteiger charge is 2.16. The van der Waals surface area contributed by atoms with E-state index in [0.717, 1.165) is 4.88 Å². The molecular weight excluding hydrogens is 258 g/mol. The van der Waals surface area contributed by atoms with Crippen molar-refractivity contribution >= 4 is 34.7 Å². The zero-order valence-corrected chi connectivity index (χ0v) is 10.3. The van der Waals surface area contributed by atoms with Crippen LogP contribution in [0.3, 0.4) is 0 Å². The van der Waals surface area contributed by atoms with Gasteiger partial charge in [0.15, 0.2) is 0 Å². The Bertz CT molecular complexity index is 498. The number of nitrogens with zero attached hydrogens (tertiary/aromatic N) is 1. The molecule has 0 aromatic carbocycles. The lowest BCUT2D eigenvalue weighted by Gasteiger charge is -2.09. The van der Waals surface area contributed by atoms with E-state index in [9.17, 15) is 4.79 Å². The van der Waals surface area contributed by atoms with E-state index in [1.54, 1.807) is 12.1 Å². The lowest BCUT2D eigenvalue weighted by atomic mass is 10.2. The second kappa shape index (κ2) is 5.27. The third-order valence-corrected chi connectivity index (χ3v) is 3.29. The Hall–Kier alpha value is -1.43. The molecule has 2 aromatic rings. The highest BCUT2D eigenvalue weighted by atomic mass is 35.5. The summed E-state index contributed by atoms with van der Waals surface area (Å²) in [5.41, 5.74) is 5.81. The average Bonchev–Trinajstić information content (AvgIpc) is 2.84. The number of pyridine rings is 1. The Morgan fingerprint density at radius 3 is 2.88 bits per heavy atom. The number of amides is 1. The summed E-state index contributed by atoms with van der Waals surface area (Å²) < 4.78 is 0. The van der Waals surface area contributed by atoms with Crippen LogP contribution in [0.15, 0.2) is 35.8 Å². The maximum Gasteiger partial charge on any atom is 0.247 e. The molecular formula is C11H10ClN3OS. The fraction of sp³-hybridized carbons (Fsp3) is 0.0909. The van der Waals surface area contributed by atoms with Gasteiger partial charge in [0, 0.05) is 11.1 Å². The molecule has 6 heteroatoms. The van der Waals surface area contributed by atoms with Crippen LogP contribution in [-0.2, 0) is 4.79 Å². The minimum Gasteiger partial charge on any atom is -0.316 e. The number of rotatable bonds is 3. The van der Waals surface area contributed by atoms with Crippen LogP contribution in [0.5, 0.6) is 0 Å². The van der Waals surface area contributed by atoms with Crippen molar-refractivity contribution in [2.45, 2.75) is 6.04 Å². The van der Waals surface area contributed by atoms with Gasteiger partial charge >= 0.3 is 0 Å². The largest absolute Gasteiger partial charge is 0.316 e. The first kappa shape index (κ1) is 12.0.